The minimum Gasteiger partial charge on any atom is -0.466 e. The molecule has 0 aliphatic rings. The van der Waals surface area contributed by atoms with E-state index in [1.807, 2.05) is 0 Å². The Bertz CT molecular complexity index is 426. The molecule has 0 aliphatic heterocycles. The van der Waals surface area contributed by atoms with Gasteiger partial charge in [0.1, 0.15) is 6.10 Å². The van der Waals surface area contributed by atoms with Crippen molar-refractivity contribution in [2.24, 2.45) is 0 Å². The Hall–Kier alpha value is -0.650. The smallest absolute Gasteiger partial charge is 0.305 e. The maximum atomic E-state index is 11.8. The van der Waals surface area contributed by atoms with Gasteiger partial charge in [-0.2, -0.15) is 0 Å². The van der Waals surface area contributed by atoms with Crippen molar-refractivity contribution in [3.63, 3.8) is 0 Å². The highest BCUT2D eigenvalue weighted by Crippen LogP contribution is 2.14. The predicted molar refractivity (Wildman–Crippen MR) is 163 cm³/mol. The molecule has 0 aromatic carbocycles. The Morgan fingerprint density at radius 2 is 0.789 bits per heavy atom. The lowest BCUT2D eigenvalue weighted by Gasteiger charge is -2.06. The summed E-state index contributed by atoms with van der Waals surface area (Å²) < 4.78 is 5.39. The molecular formula is C33H68O5. The van der Waals surface area contributed by atoms with Crippen LogP contribution < -0.4 is 0 Å². The molecule has 230 valence electrons. The van der Waals surface area contributed by atoms with Crippen molar-refractivity contribution in [2.45, 2.75) is 187 Å². The van der Waals surface area contributed by atoms with Crippen molar-refractivity contribution in [1.82, 2.24) is 0 Å². The first-order chi connectivity index (χ1) is 18.6. The minimum atomic E-state index is -0.954. The van der Waals surface area contributed by atoms with Gasteiger partial charge < -0.3 is 20.1 Å². The summed E-state index contributed by atoms with van der Waals surface area (Å²) in [6.07, 6.45) is 33.3. The van der Waals surface area contributed by atoms with Crippen molar-refractivity contribution in [2.75, 3.05) is 19.8 Å². The monoisotopic (exact) mass is 545 g/mol. The molecule has 0 spiro atoms. The normalized spacial score (nSPS) is 11.0. The van der Waals surface area contributed by atoms with E-state index in [2.05, 4.69) is 13.8 Å². The Morgan fingerprint density at radius 1 is 0.500 bits per heavy atom. The van der Waals surface area contributed by atoms with Gasteiger partial charge in [-0.25, -0.2) is 0 Å². The number of esters is 1. The van der Waals surface area contributed by atoms with E-state index in [1.165, 1.54) is 148 Å². The maximum absolute atomic E-state index is 11.8. The molecule has 5 nitrogen and oxygen atoms in total. The Morgan fingerprint density at radius 3 is 1.08 bits per heavy atom. The molecular weight excluding hydrogens is 476 g/mol. The minimum absolute atomic E-state index is 0.0237. The van der Waals surface area contributed by atoms with E-state index in [0.717, 1.165) is 12.8 Å². The topological polar surface area (TPSA) is 87.0 Å². The van der Waals surface area contributed by atoms with Gasteiger partial charge in [0, 0.05) is 6.42 Å². The van der Waals surface area contributed by atoms with Gasteiger partial charge in [-0.15, -0.1) is 0 Å². The molecule has 0 heterocycles. The van der Waals surface area contributed by atoms with E-state index in [0.29, 0.717) is 13.0 Å². The van der Waals surface area contributed by atoms with Crippen molar-refractivity contribution in [3.05, 3.63) is 0 Å². The number of rotatable bonds is 29. The average Bonchev–Trinajstić information content (AvgIpc) is 2.93. The zero-order chi connectivity index (χ0) is 28.4. The van der Waals surface area contributed by atoms with E-state index in [-0.39, 0.29) is 19.2 Å². The summed E-state index contributed by atoms with van der Waals surface area (Å²) in [5.41, 5.74) is 0. The van der Waals surface area contributed by atoms with Gasteiger partial charge in [0.2, 0.25) is 0 Å². The van der Waals surface area contributed by atoms with Crippen LogP contribution in [0.15, 0.2) is 0 Å². The third-order valence-corrected chi connectivity index (χ3v) is 7.17. The fourth-order valence-electron chi connectivity index (χ4n) is 4.55. The molecule has 0 atom stereocenters. The van der Waals surface area contributed by atoms with E-state index in [4.69, 9.17) is 20.1 Å². The van der Waals surface area contributed by atoms with Gasteiger partial charge in [-0.1, -0.05) is 162 Å². The second-order valence-electron chi connectivity index (χ2n) is 11.1. The molecule has 0 saturated carbocycles. The molecule has 0 aromatic rings. The summed E-state index contributed by atoms with van der Waals surface area (Å²) in [5, 5.41) is 24.0. The molecule has 0 aromatic heterocycles. The molecule has 0 amide bonds. The van der Waals surface area contributed by atoms with Crippen molar-refractivity contribution >= 4 is 5.97 Å². The van der Waals surface area contributed by atoms with Crippen LogP contribution >= 0.6 is 0 Å². The highest BCUT2D eigenvalue weighted by Gasteiger charge is 2.02. The number of unbranched alkanes of at least 4 members (excludes halogenated alkanes) is 23. The van der Waals surface area contributed by atoms with E-state index in [1.54, 1.807) is 0 Å². The van der Waals surface area contributed by atoms with E-state index < -0.39 is 6.10 Å². The molecule has 0 aliphatic carbocycles. The first-order valence-electron chi connectivity index (χ1n) is 16.7. The summed E-state index contributed by atoms with van der Waals surface area (Å²) >= 11 is 0. The molecule has 38 heavy (non-hydrogen) atoms. The van der Waals surface area contributed by atoms with Crippen LogP contribution in [0.25, 0.3) is 0 Å². The number of hydrogen-bond acceptors (Lipinski definition) is 5. The van der Waals surface area contributed by atoms with Gasteiger partial charge in [0.05, 0.1) is 19.8 Å². The number of carbonyl (C=O) groups is 1. The third-order valence-electron chi connectivity index (χ3n) is 7.17. The zero-order valence-electron chi connectivity index (χ0n) is 25.7. The van der Waals surface area contributed by atoms with Crippen LogP contribution in [0, 0.1) is 0 Å². The van der Waals surface area contributed by atoms with Crippen molar-refractivity contribution in [3.8, 4) is 0 Å². The highest BCUT2D eigenvalue weighted by molar-refractivity contribution is 5.69. The maximum Gasteiger partial charge on any atom is 0.305 e. The lowest BCUT2D eigenvalue weighted by Crippen LogP contribution is -2.15. The first kappa shape index (κ1) is 39.5. The number of carbonyl (C=O) groups excluding carboxylic acids is 1. The standard InChI is InChI=1S/C30H60O2.C3H8O3/c1-3-5-7-9-11-13-15-16-17-18-19-20-22-24-26-28-30(31)32-29-27-25-23-21-14-12-10-8-6-4-2;4-1-3(6)2-5/h3-29H2,1-2H3;3-6H,1-2H2. The van der Waals surface area contributed by atoms with E-state index >= 15 is 0 Å². The number of aliphatic hydroxyl groups excluding tert-OH is 3. The Kier molecular flexibility index (Phi) is 37.8. The summed E-state index contributed by atoms with van der Waals surface area (Å²) in [5.74, 6) is 0.0237. The molecule has 0 fully saturated rings. The molecule has 0 saturated heterocycles. The SMILES string of the molecule is CCCCCCCCCCCCCCCCCC(=O)OCCCCCCCCCCCC.OCC(O)CO. The molecule has 0 radical (unpaired) electrons. The van der Waals surface area contributed by atoms with Crippen LogP contribution in [0.2, 0.25) is 0 Å². The molecule has 0 rings (SSSR count). The van der Waals surface area contributed by atoms with Crippen LogP contribution in [0.4, 0.5) is 0 Å². The van der Waals surface area contributed by atoms with Crippen LogP contribution in [0.1, 0.15) is 181 Å². The van der Waals surface area contributed by atoms with Crippen molar-refractivity contribution < 1.29 is 24.9 Å². The number of hydrogen-bond donors (Lipinski definition) is 3. The summed E-state index contributed by atoms with van der Waals surface area (Å²) in [7, 11) is 0. The second-order valence-corrected chi connectivity index (χ2v) is 11.1. The number of ether oxygens (including phenoxy) is 1. The molecule has 5 heteroatoms. The quantitative estimate of drug-likeness (QED) is 0.0646. The Labute approximate surface area is 237 Å². The summed E-state index contributed by atoms with van der Waals surface area (Å²) in [6.45, 7) is 4.46. The summed E-state index contributed by atoms with van der Waals surface area (Å²) in [4.78, 5) is 11.8. The second kappa shape index (κ2) is 36.4. The van der Waals surface area contributed by atoms with Crippen molar-refractivity contribution in [1.29, 1.82) is 0 Å². The fourth-order valence-corrected chi connectivity index (χ4v) is 4.55. The third kappa shape index (κ3) is 37.5. The first-order valence-corrected chi connectivity index (χ1v) is 16.7. The van der Waals surface area contributed by atoms with Crippen LogP contribution in [0.3, 0.4) is 0 Å². The molecule has 0 unspecified atom stereocenters. The lowest BCUT2D eigenvalue weighted by atomic mass is 10.0. The molecule has 3 N–H and O–H groups in total. The molecule has 0 bridgehead atoms. The Balaban J connectivity index is 0. The van der Waals surface area contributed by atoms with Gasteiger partial charge in [-0.05, 0) is 12.8 Å². The zero-order valence-corrected chi connectivity index (χ0v) is 25.7. The number of aliphatic hydroxyl groups is 3. The van der Waals surface area contributed by atoms with Gasteiger partial charge >= 0.3 is 5.97 Å². The van der Waals surface area contributed by atoms with Crippen LogP contribution in [-0.2, 0) is 9.53 Å². The van der Waals surface area contributed by atoms with Crippen LogP contribution in [-0.4, -0.2) is 47.2 Å². The lowest BCUT2D eigenvalue weighted by molar-refractivity contribution is -0.143. The largest absolute Gasteiger partial charge is 0.466 e. The van der Waals surface area contributed by atoms with E-state index in [9.17, 15) is 4.79 Å². The van der Waals surface area contributed by atoms with Crippen LogP contribution in [0.5, 0.6) is 0 Å². The fraction of sp³-hybridized carbons (Fsp3) is 0.970. The average molecular weight is 545 g/mol. The van der Waals surface area contributed by atoms with Gasteiger partial charge in [0.25, 0.3) is 0 Å². The summed E-state index contributed by atoms with van der Waals surface area (Å²) in [6, 6.07) is 0. The highest BCUT2D eigenvalue weighted by atomic mass is 16.5. The van der Waals surface area contributed by atoms with Gasteiger partial charge in [-0.3, -0.25) is 4.79 Å². The predicted octanol–water partition coefficient (Wildman–Crippen LogP) is 9.04. The van der Waals surface area contributed by atoms with Gasteiger partial charge in [0.15, 0.2) is 0 Å².